The number of benzene rings is 2. The van der Waals surface area contributed by atoms with Gasteiger partial charge in [0.2, 0.25) is 0 Å². The van der Waals surface area contributed by atoms with Crippen LogP contribution in [0, 0.1) is 0 Å². The number of carbonyl (C=O) groups is 1. The normalized spacial score (nSPS) is 14.4. The molecular weight excluding hydrogens is 289 g/mol. The van der Waals surface area contributed by atoms with Crippen LogP contribution < -0.4 is 0 Å². The molecule has 0 aromatic heterocycles. The van der Waals surface area contributed by atoms with Gasteiger partial charge in [-0.15, -0.1) is 0 Å². The molecule has 0 atom stereocenters. The maximum atomic E-state index is 11.7. The first-order valence-corrected chi connectivity index (χ1v) is 7.64. The van der Waals surface area contributed by atoms with E-state index in [0.717, 1.165) is 28.5 Å². The second kappa shape index (κ2) is 7.84. The lowest BCUT2D eigenvalue weighted by Gasteiger charge is -2.29. The van der Waals surface area contributed by atoms with Gasteiger partial charge < -0.3 is 4.90 Å². The molecule has 1 aliphatic heterocycles. The SMILES string of the molecule is C=C(C)c1cccc(-c2ccc(C=O)cc2)c1.CN1CC(F)C1. The molecule has 0 bridgehead atoms. The Bertz CT molecular complexity index is 666. The summed E-state index contributed by atoms with van der Waals surface area (Å²) in [6, 6.07) is 15.8. The Morgan fingerprint density at radius 3 is 2.26 bits per heavy atom. The third-order valence-electron chi connectivity index (χ3n) is 3.76. The van der Waals surface area contributed by atoms with Gasteiger partial charge in [0.1, 0.15) is 12.5 Å². The molecule has 2 nitrogen and oxygen atoms in total. The number of allylic oxidation sites excluding steroid dienone is 1. The van der Waals surface area contributed by atoms with Crippen LogP contribution in [-0.2, 0) is 0 Å². The molecule has 0 N–H and O–H groups in total. The van der Waals surface area contributed by atoms with E-state index in [2.05, 4.69) is 18.7 Å². The Morgan fingerprint density at radius 1 is 1.17 bits per heavy atom. The van der Waals surface area contributed by atoms with E-state index in [1.807, 2.05) is 55.3 Å². The number of likely N-dealkylation sites (tertiary alicyclic amines) is 1. The smallest absolute Gasteiger partial charge is 0.150 e. The number of rotatable bonds is 3. The number of nitrogens with zero attached hydrogens (tertiary/aromatic N) is 1. The van der Waals surface area contributed by atoms with Crippen molar-refractivity contribution in [2.45, 2.75) is 13.1 Å². The number of carbonyl (C=O) groups excluding carboxylic acids is 1. The molecule has 120 valence electrons. The largest absolute Gasteiger partial charge is 0.300 e. The van der Waals surface area contributed by atoms with Crippen molar-refractivity contribution >= 4 is 11.9 Å². The molecule has 0 unspecified atom stereocenters. The molecule has 1 aliphatic rings. The van der Waals surface area contributed by atoms with Crippen LogP contribution in [0.5, 0.6) is 0 Å². The van der Waals surface area contributed by atoms with Crippen LogP contribution in [0.2, 0.25) is 0 Å². The quantitative estimate of drug-likeness (QED) is 0.780. The molecule has 0 spiro atoms. The van der Waals surface area contributed by atoms with Crippen LogP contribution in [0.25, 0.3) is 16.7 Å². The van der Waals surface area contributed by atoms with Gasteiger partial charge in [-0.25, -0.2) is 4.39 Å². The van der Waals surface area contributed by atoms with E-state index < -0.39 is 6.17 Å². The van der Waals surface area contributed by atoms with Crippen molar-refractivity contribution in [2.75, 3.05) is 20.1 Å². The number of halogens is 1. The molecule has 3 rings (SSSR count). The summed E-state index contributed by atoms with van der Waals surface area (Å²) >= 11 is 0. The van der Waals surface area contributed by atoms with E-state index in [1.54, 1.807) is 0 Å². The van der Waals surface area contributed by atoms with E-state index in [0.29, 0.717) is 18.7 Å². The van der Waals surface area contributed by atoms with E-state index in [9.17, 15) is 9.18 Å². The zero-order valence-electron chi connectivity index (χ0n) is 13.6. The van der Waals surface area contributed by atoms with Crippen molar-refractivity contribution in [2.24, 2.45) is 0 Å². The van der Waals surface area contributed by atoms with Crippen molar-refractivity contribution in [1.82, 2.24) is 4.90 Å². The average Bonchev–Trinajstić information content (AvgIpc) is 2.54. The van der Waals surface area contributed by atoms with Gasteiger partial charge in [-0.05, 0) is 36.7 Å². The predicted octanol–water partition coefficient (Wildman–Crippen LogP) is 4.47. The molecule has 2 aromatic carbocycles. The lowest BCUT2D eigenvalue weighted by molar-refractivity contribution is 0.0915. The summed E-state index contributed by atoms with van der Waals surface area (Å²) < 4.78 is 11.7. The van der Waals surface area contributed by atoms with E-state index in [-0.39, 0.29) is 0 Å². The Hall–Kier alpha value is -2.26. The Balaban J connectivity index is 0.000000268. The van der Waals surface area contributed by atoms with Gasteiger partial charge in [0.15, 0.2) is 0 Å². The van der Waals surface area contributed by atoms with Crippen molar-refractivity contribution < 1.29 is 9.18 Å². The average molecular weight is 311 g/mol. The van der Waals surface area contributed by atoms with Gasteiger partial charge in [-0.2, -0.15) is 0 Å². The van der Waals surface area contributed by atoms with Crippen LogP contribution in [0.1, 0.15) is 22.8 Å². The van der Waals surface area contributed by atoms with E-state index in [1.165, 1.54) is 0 Å². The summed E-state index contributed by atoms with van der Waals surface area (Å²) in [6.07, 6.45) is 0.323. The Morgan fingerprint density at radius 2 is 1.83 bits per heavy atom. The summed E-state index contributed by atoms with van der Waals surface area (Å²) in [4.78, 5) is 12.5. The Kier molecular flexibility index (Phi) is 5.83. The monoisotopic (exact) mass is 311 g/mol. The number of aldehydes is 1. The van der Waals surface area contributed by atoms with E-state index >= 15 is 0 Å². The second-order valence-corrected chi connectivity index (χ2v) is 5.92. The van der Waals surface area contributed by atoms with Crippen molar-refractivity contribution in [3.63, 3.8) is 0 Å². The third kappa shape index (κ3) is 4.86. The van der Waals surface area contributed by atoms with Gasteiger partial charge in [0, 0.05) is 18.7 Å². The molecule has 0 aliphatic carbocycles. The molecule has 1 fully saturated rings. The zero-order valence-corrected chi connectivity index (χ0v) is 13.6. The predicted molar refractivity (Wildman–Crippen MR) is 94.4 cm³/mol. The molecule has 0 amide bonds. The topological polar surface area (TPSA) is 20.3 Å². The first kappa shape index (κ1) is 17.1. The number of hydrogen-bond donors (Lipinski definition) is 0. The minimum absolute atomic E-state index is 0.532. The summed E-state index contributed by atoms with van der Waals surface area (Å²) in [6.45, 7) is 7.21. The molecule has 2 aromatic rings. The van der Waals surface area contributed by atoms with Gasteiger partial charge in [-0.1, -0.05) is 54.6 Å². The highest BCUT2D eigenvalue weighted by Gasteiger charge is 2.21. The van der Waals surface area contributed by atoms with Gasteiger partial charge in [-0.3, -0.25) is 4.79 Å². The van der Waals surface area contributed by atoms with Gasteiger partial charge in [0.25, 0.3) is 0 Å². The summed E-state index contributed by atoms with van der Waals surface area (Å²) in [7, 11) is 1.91. The molecule has 3 heteroatoms. The highest BCUT2D eigenvalue weighted by Crippen LogP contribution is 2.23. The van der Waals surface area contributed by atoms with Crippen LogP contribution >= 0.6 is 0 Å². The summed E-state index contributed by atoms with van der Waals surface area (Å²) in [5.41, 5.74) is 5.14. The van der Waals surface area contributed by atoms with E-state index in [4.69, 9.17) is 0 Å². The van der Waals surface area contributed by atoms with Gasteiger partial charge in [0.05, 0.1) is 0 Å². The lowest BCUT2D eigenvalue weighted by Crippen LogP contribution is -2.45. The van der Waals surface area contributed by atoms with Crippen LogP contribution in [0.3, 0.4) is 0 Å². The summed E-state index contributed by atoms with van der Waals surface area (Å²) in [5.74, 6) is 0. The number of hydrogen-bond acceptors (Lipinski definition) is 2. The van der Waals surface area contributed by atoms with Crippen molar-refractivity contribution in [3.8, 4) is 11.1 Å². The fraction of sp³-hybridized carbons (Fsp3) is 0.250. The van der Waals surface area contributed by atoms with Crippen molar-refractivity contribution in [1.29, 1.82) is 0 Å². The lowest BCUT2D eigenvalue weighted by atomic mass is 10.00. The van der Waals surface area contributed by atoms with Crippen LogP contribution in [0.15, 0.2) is 55.1 Å². The number of alkyl halides is 1. The highest BCUT2D eigenvalue weighted by molar-refractivity contribution is 5.77. The maximum absolute atomic E-state index is 11.7. The molecule has 1 heterocycles. The first-order valence-electron chi connectivity index (χ1n) is 7.64. The Labute approximate surface area is 137 Å². The third-order valence-corrected chi connectivity index (χ3v) is 3.76. The maximum Gasteiger partial charge on any atom is 0.150 e. The molecule has 0 radical (unpaired) electrons. The highest BCUT2D eigenvalue weighted by atomic mass is 19.1. The fourth-order valence-corrected chi connectivity index (χ4v) is 2.34. The molecular formula is C20H22FNO. The van der Waals surface area contributed by atoms with Crippen LogP contribution in [-0.4, -0.2) is 37.5 Å². The fourth-order valence-electron chi connectivity index (χ4n) is 2.34. The minimum Gasteiger partial charge on any atom is -0.300 e. The summed E-state index contributed by atoms with van der Waals surface area (Å²) in [5, 5.41) is 0. The standard InChI is InChI=1S/C16H14O.C4H8FN/c1-12(2)15-4-3-5-16(10-15)14-8-6-13(11-17)7-9-14;1-6-2-4(5)3-6/h3-11H,1H2,2H3;4H,2-3H2,1H3. The minimum atomic E-state index is -0.532. The second-order valence-electron chi connectivity index (χ2n) is 5.92. The van der Waals surface area contributed by atoms with Gasteiger partial charge >= 0.3 is 0 Å². The molecule has 23 heavy (non-hydrogen) atoms. The first-order chi connectivity index (χ1) is 11.0. The van der Waals surface area contributed by atoms with Crippen molar-refractivity contribution in [3.05, 3.63) is 66.2 Å². The van der Waals surface area contributed by atoms with Crippen LogP contribution in [0.4, 0.5) is 4.39 Å². The molecule has 1 saturated heterocycles. The zero-order chi connectivity index (χ0) is 16.8. The molecule has 0 saturated carbocycles.